The maximum atomic E-state index is 11.5. The molecule has 2 heteroatoms. The Morgan fingerprint density at radius 1 is 1.36 bits per heavy atom. The third kappa shape index (κ3) is 1.31. The number of carbonyl (C=O) groups excluding carboxylic acids is 1. The van der Waals surface area contributed by atoms with Crippen molar-refractivity contribution in [1.82, 2.24) is 0 Å². The van der Waals surface area contributed by atoms with Crippen LogP contribution in [-0.4, -0.2) is 12.9 Å². The summed E-state index contributed by atoms with van der Waals surface area (Å²) in [7, 11) is 1.64. The van der Waals surface area contributed by atoms with Crippen molar-refractivity contribution in [3.63, 3.8) is 0 Å². The van der Waals surface area contributed by atoms with Crippen LogP contribution in [-0.2, 0) is 12.8 Å². The monoisotopic (exact) mass is 190 g/mol. The molecule has 0 bridgehead atoms. The van der Waals surface area contributed by atoms with E-state index in [0.717, 1.165) is 24.2 Å². The minimum absolute atomic E-state index is 0.258. The maximum absolute atomic E-state index is 11.5. The number of ether oxygens (including phenoxy) is 1. The van der Waals surface area contributed by atoms with Gasteiger partial charge in [0.05, 0.1) is 7.11 Å². The lowest BCUT2D eigenvalue weighted by atomic mass is 10.0. The van der Waals surface area contributed by atoms with Gasteiger partial charge in [0.25, 0.3) is 0 Å². The van der Waals surface area contributed by atoms with E-state index >= 15 is 0 Å². The lowest BCUT2D eigenvalue weighted by Crippen LogP contribution is -1.96. The lowest BCUT2D eigenvalue weighted by molar-refractivity contribution is 0.0994. The number of aryl methyl sites for hydroxylation is 1. The van der Waals surface area contributed by atoms with Gasteiger partial charge in [-0.15, -0.1) is 0 Å². The lowest BCUT2D eigenvalue weighted by Gasteiger charge is -2.08. The number of Topliss-reactive ketones (excluding diaryl/α,β-unsaturated/α-hetero) is 1. The van der Waals surface area contributed by atoms with Crippen LogP contribution in [0.3, 0.4) is 0 Å². The third-order valence-electron chi connectivity index (χ3n) is 2.83. The van der Waals surface area contributed by atoms with Crippen LogP contribution in [0.25, 0.3) is 0 Å². The molecule has 1 aliphatic carbocycles. The molecular weight excluding hydrogens is 176 g/mol. The van der Waals surface area contributed by atoms with Crippen molar-refractivity contribution < 1.29 is 9.53 Å². The summed E-state index contributed by atoms with van der Waals surface area (Å²) in [5.74, 6) is 1.06. The molecule has 0 unspecified atom stereocenters. The number of hydrogen-bond acceptors (Lipinski definition) is 2. The number of benzene rings is 1. The Kier molecular flexibility index (Phi) is 2.28. The Morgan fingerprint density at radius 2 is 2.14 bits per heavy atom. The second-order valence-electron chi connectivity index (χ2n) is 3.59. The van der Waals surface area contributed by atoms with Crippen molar-refractivity contribution in [2.75, 3.05) is 7.11 Å². The first kappa shape index (κ1) is 9.25. The van der Waals surface area contributed by atoms with Crippen molar-refractivity contribution in [3.8, 4) is 5.75 Å². The van der Waals surface area contributed by atoms with Crippen LogP contribution in [0.5, 0.6) is 5.75 Å². The van der Waals surface area contributed by atoms with Crippen molar-refractivity contribution in [1.29, 1.82) is 0 Å². The number of fused-ring (bicyclic) bond motifs is 1. The molecule has 0 aromatic heterocycles. The summed E-state index contributed by atoms with van der Waals surface area (Å²) in [5.41, 5.74) is 3.37. The van der Waals surface area contributed by atoms with Crippen LogP contribution in [0, 0.1) is 0 Å². The molecule has 0 fully saturated rings. The van der Waals surface area contributed by atoms with E-state index in [9.17, 15) is 4.79 Å². The van der Waals surface area contributed by atoms with Gasteiger partial charge in [-0.1, -0.05) is 6.92 Å². The number of ketones is 1. The second-order valence-corrected chi connectivity index (χ2v) is 3.59. The summed E-state index contributed by atoms with van der Waals surface area (Å²) in [6, 6.07) is 3.90. The minimum Gasteiger partial charge on any atom is -0.497 e. The largest absolute Gasteiger partial charge is 0.497 e. The van der Waals surface area contributed by atoms with Gasteiger partial charge in [-0.05, 0) is 36.1 Å². The molecule has 2 rings (SSSR count). The molecule has 0 heterocycles. The molecular formula is C12H14O2. The number of hydrogen-bond donors (Lipinski definition) is 0. The van der Waals surface area contributed by atoms with Crippen molar-refractivity contribution in [2.45, 2.75) is 26.2 Å². The van der Waals surface area contributed by atoms with Crippen LogP contribution < -0.4 is 4.74 Å². The van der Waals surface area contributed by atoms with Gasteiger partial charge in [0.2, 0.25) is 0 Å². The molecule has 0 N–H and O–H groups in total. The van der Waals surface area contributed by atoms with Crippen LogP contribution >= 0.6 is 0 Å². The molecule has 0 spiro atoms. The predicted molar refractivity (Wildman–Crippen MR) is 55.0 cm³/mol. The summed E-state index contributed by atoms with van der Waals surface area (Å²) in [4.78, 5) is 11.5. The first-order chi connectivity index (χ1) is 6.76. The van der Waals surface area contributed by atoms with Gasteiger partial charge < -0.3 is 4.74 Å². The van der Waals surface area contributed by atoms with Crippen molar-refractivity contribution in [3.05, 3.63) is 28.8 Å². The molecule has 1 aliphatic rings. The van der Waals surface area contributed by atoms with Gasteiger partial charge in [-0.2, -0.15) is 0 Å². The highest BCUT2D eigenvalue weighted by Crippen LogP contribution is 2.30. The molecule has 0 saturated carbocycles. The summed E-state index contributed by atoms with van der Waals surface area (Å²) in [6.07, 6.45) is 2.53. The second kappa shape index (κ2) is 3.45. The summed E-state index contributed by atoms with van der Waals surface area (Å²) >= 11 is 0. The van der Waals surface area contributed by atoms with E-state index in [2.05, 4.69) is 6.92 Å². The van der Waals surface area contributed by atoms with E-state index in [4.69, 9.17) is 4.74 Å². The van der Waals surface area contributed by atoms with Gasteiger partial charge in [0.1, 0.15) is 5.75 Å². The molecule has 1 aromatic rings. The van der Waals surface area contributed by atoms with Gasteiger partial charge in [-0.25, -0.2) is 0 Å². The molecule has 0 atom stereocenters. The van der Waals surface area contributed by atoms with E-state index < -0.39 is 0 Å². The van der Waals surface area contributed by atoms with Crippen LogP contribution in [0.1, 0.15) is 34.8 Å². The minimum atomic E-state index is 0.258. The number of carbonyl (C=O) groups is 1. The Bertz CT molecular complexity index is 380. The van der Waals surface area contributed by atoms with Gasteiger partial charge >= 0.3 is 0 Å². The Morgan fingerprint density at radius 3 is 2.79 bits per heavy atom. The zero-order valence-electron chi connectivity index (χ0n) is 8.59. The molecule has 74 valence electrons. The van der Waals surface area contributed by atoms with Gasteiger partial charge in [-0.3, -0.25) is 4.79 Å². The van der Waals surface area contributed by atoms with Gasteiger partial charge in [0.15, 0.2) is 5.78 Å². The SMILES string of the molecule is CCc1cc(OC)cc2c1CCC2=O. The number of rotatable bonds is 2. The average molecular weight is 190 g/mol. The molecule has 0 amide bonds. The number of methoxy groups -OCH3 is 1. The Hall–Kier alpha value is -1.31. The highest BCUT2D eigenvalue weighted by Gasteiger charge is 2.22. The predicted octanol–water partition coefficient (Wildman–Crippen LogP) is 2.39. The normalized spacial score (nSPS) is 14.3. The topological polar surface area (TPSA) is 26.3 Å². The van der Waals surface area contributed by atoms with E-state index in [0.29, 0.717) is 6.42 Å². The molecule has 1 aromatic carbocycles. The average Bonchev–Trinajstić information content (AvgIpc) is 2.59. The summed E-state index contributed by atoms with van der Waals surface area (Å²) in [6.45, 7) is 2.11. The maximum Gasteiger partial charge on any atom is 0.163 e. The van der Waals surface area contributed by atoms with E-state index in [1.165, 1.54) is 11.1 Å². The summed E-state index contributed by atoms with van der Waals surface area (Å²) < 4.78 is 5.18. The van der Waals surface area contributed by atoms with E-state index in [1.54, 1.807) is 7.11 Å². The molecule has 0 radical (unpaired) electrons. The van der Waals surface area contributed by atoms with Crippen molar-refractivity contribution >= 4 is 5.78 Å². The fourth-order valence-electron chi connectivity index (χ4n) is 2.05. The van der Waals surface area contributed by atoms with Crippen molar-refractivity contribution in [2.24, 2.45) is 0 Å². The van der Waals surface area contributed by atoms with E-state index in [-0.39, 0.29) is 5.78 Å². The first-order valence-corrected chi connectivity index (χ1v) is 4.99. The molecule has 0 saturated heterocycles. The first-order valence-electron chi connectivity index (χ1n) is 4.99. The van der Waals surface area contributed by atoms with Crippen LogP contribution in [0.15, 0.2) is 12.1 Å². The fraction of sp³-hybridized carbons (Fsp3) is 0.417. The third-order valence-corrected chi connectivity index (χ3v) is 2.83. The zero-order valence-corrected chi connectivity index (χ0v) is 8.59. The van der Waals surface area contributed by atoms with Gasteiger partial charge in [0, 0.05) is 12.0 Å². The van der Waals surface area contributed by atoms with E-state index in [1.807, 2.05) is 12.1 Å². The highest BCUT2D eigenvalue weighted by molar-refractivity contribution is 6.01. The van der Waals surface area contributed by atoms with Crippen LogP contribution in [0.2, 0.25) is 0 Å². The summed E-state index contributed by atoms with van der Waals surface area (Å²) in [5, 5.41) is 0. The van der Waals surface area contributed by atoms with Crippen LogP contribution in [0.4, 0.5) is 0 Å². The fourth-order valence-corrected chi connectivity index (χ4v) is 2.05. The molecule has 14 heavy (non-hydrogen) atoms. The quantitative estimate of drug-likeness (QED) is 0.715. The molecule has 0 aliphatic heterocycles. The standard InChI is InChI=1S/C12H14O2/c1-3-8-6-9(14-2)7-11-10(8)4-5-12(11)13/h6-7H,3-5H2,1-2H3. The highest BCUT2D eigenvalue weighted by atomic mass is 16.5. The smallest absolute Gasteiger partial charge is 0.163 e. The zero-order chi connectivity index (χ0) is 10.1. The molecule has 2 nitrogen and oxygen atoms in total. The Balaban J connectivity index is 2.58. The Labute approximate surface area is 83.9 Å².